The number of halogens is 1. The number of aromatic nitrogens is 1. The van der Waals surface area contributed by atoms with Crippen LogP contribution in [0.25, 0.3) is 0 Å². The Labute approximate surface area is 159 Å². The Bertz CT molecular complexity index is 782. The van der Waals surface area contributed by atoms with E-state index in [2.05, 4.69) is 31.6 Å². The van der Waals surface area contributed by atoms with Gasteiger partial charge in [-0.25, -0.2) is 9.38 Å². The van der Waals surface area contributed by atoms with Gasteiger partial charge in [0.05, 0.1) is 25.0 Å². The smallest absolute Gasteiger partial charge is 0.191 e. The lowest BCUT2D eigenvalue weighted by Gasteiger charge is -2.22. The number of para-hydroxylation sites is 2. The number of hydrogen-bond acceptors (Lipinski definition) is 4. The molecule has 2 heterocycles. The van der Waals surface area contributed by atoms with Gasteiger partial charge in [-0.3, -0.25) is 4.98 Å². The summed E-state index contributed by atoms with van der Waals surface area (Å²) in [6, 6.07) is 11.3. The number of benzene rings is 1. The van der Waals surface area contributed by atoms with Gasteiger partial charge in [0.15, 0.2) is 5.96 Å². The maximum Gasteiger partial charge on any atom is 0.191 e. The first-order valence-electron chi connectivity index (χ1n) is 9.23. The van der Waals surface area contributed by atoms with Crippen molar-refractivity contribution in [1.82, 2.24) is 15.6 Å². The standard InChI is InChI=1S/C20H26FN5O/c1-3-22-20(24-13-17-16(21)7-6-11-23-17)25-15-10-12-26(14-15)18-8-4-5-9-19(18)27-2/h4-9,11,15H,3,10,12-14H2,1-2H3,(H2,22,24,25). The van der Waals surface area contributed by atoms with Crippen LogP contribution in [0.5, 0.6) is 5.75 Å². The monoisotopic (exact) mass is 371 g/mol. The van der Waals surface area contributed by atoms with E-state index in [1.54, 1.807) is 19.4 Å². The molecule has 1 atom stereocenters. The molecule has 1 aliphatic heterocycles. The molecular weight excluding hydrogens is 345 g/mol. The van der Waals surface area contributed by atoms with Crippen molar-refractivity contribution in [2.75, 3.05) is 31.6 Å². The Kier molecular flexibility index (Phi) is 6.46. The number of nitrogens with one attached hydrogen (secondary N) is 2. The van der Waals surface area contributed by atoms with Crippen molar-refractivity contribution < 1.29 is 9.13 Å². The average Bonchev–Trinajstić information content (AvgIpc) is 3.15. The van der Waals surface area contributed by atoms with Gasteiger partial charge in [0, 0.05) is 31.9 Å². The maximum atomic E-state index is 13.8. The van der Waals surface area contributed by atoms with Gasteiger partial charge in [-0.15, -0.1) is 0 Å². The number of hydrogen-bond donors (Lipinski definition) is 2. The second kappa shape index (κ2) is 9.21. The third-order valence-electron chi connectivity index (χ3n) is 4.52. The van der Waals surface area contributed by atoms with E-state index in [-0.39, 0.29) is 18.4 Å². The molecule has 1 saturated heterocycles. The molecule has 1 aromatic carbocycles. The first kappa shape index (κ1) is 18.9. The van der Waals surface area contributed by atoms with Crippen molar-refractivity contribution in [3.63, 3.8) is 0 Å². The van der Waals surface area contributed by atoms with Crippen molar-refractivity contribution in [2.45, 2.75) is 25.9 Å². The quantitative estimate of drug-likeness (QED) is 0.604. The summed E-state index contributed by atoms with van der Waals surface area (Å²) < 4.78 is 19.2. The van der Waals surface area contributed by atoms with E-state index in [0.29, 0.717) is 11.7 Å². The van der Waals surface area contributed by atoms with E-state index in [9.17, 15) is 4.39 Å². The van der Waals surface area contributed by atoms with Gasteiger partial charge in [0.2, 0.25) is 0 Å². The van der Waals surface area contributed by atoms with Crippen LogP contribution in [0.4, 0.5) is 10.1 Å². The Morgan fingerprint density at radius 1 is 1.33 bits per heavy atom. The van der Waals surface area contributed by atoms with Gasteiger partial charge in [-0.1, -0.05) is 12.1 Å². The Morgan fingerprint density at radius 3 is 2.96 bits per heavy atom. The minimum absolute atomic E-state index is 0.199. The predicted molar refractivity (Wildman–Crippen MR) is 106 cm³/mol. The first-order valence-corrected chi connectivity index (χ1v) is 9.23. The largest absolute Gasteiger partial charge is 0.495 e. The van der Waals surface area contributed by atoms with E-state index >= 15 is 0 Å². The molecule has 0 aliphatic carbocycles. The molecule has 2 N–H and O–H groups in total. The Balaban J connectivity index is 1.64. The van der Waals surface area contributed by atoms with Crippen LogP contribution in [0.1, 0.15) is 19.0 Å². The summed E-state index contributed by atoms with van der Waals surface area (Å²) in [6.07, 6.45) is 2.57. The zero-order valence-electron chi connectivity index (χ0n) is 15.8. The normalized spacial score (nSPS) is 17.1. The highest BCUT2D eigenvalue weighted by atomic mass is 19.1. The molecule has 2 aromatic rings. The highest BCUT2D eigenvalue weighted by molar-refractivity contribution is 5.80. The van der Waals surface area contributed by atoms with Gasteiger partial charge in [0.1, 0.15) is 11.6 Å². The van der Waals surface area contributed by atoms with E-state index < -0.39 is 0 Å². The van der Waals surface area contributed by atoms with Gasteiger partial charge in [-0.05, 0) is 37.6 Å². The number of methoxy groups -OCH3 is 1. The number of guanidine groups is 1. The Morgan fingerprint density at radius 2 is 2.19 bits per heavy atom. The molecule has 27 heavy (non-hydrogen) atoms. The second-order valence-corrected chi connectivity index (χ2v) is 6.37. The molecule has 1 aromatic heterocycles. The number of ether oxygens (including phenoxy) is 1. The Hall–Kier alpha value is -2.83. The van der Waals surface area contributed by atoms with E-state index in [4.69, 9.17) is 4.74 Å². The molecule has 3 rings (SSSR count). The van der Waals surface area contributed by atoms with E-state index in [1.807, 2.05) is 25.1 Å². The summed E-state index contributed by atoms with van der Waals surface area (Å²) in [5.41, 5.74) is 1.44. The lowest BCUT2D eigenvalue weighted by Crippen LogP contribution is -2.44. The molecular formula is C20H26FN5O. The number of anilines is 1. The molecule has 1 aliphatic rings. The van der Waals surface area contributed by atoms with Crippen LogP contribution in [0, 0.1) is 5.82 Å². The van der Waals surface area contributed by atoms with Crippen molar-refractivity contribution in [2.24, 2.45) is 4.99 Å². The minimum atomic E-state index is -0.333. The second-order valence-electron chi connectivity index (χ2n) is 6.37. The number of pyridine rings is 1. The molecule has 1 unspecified atom stereocenters. The fraction of sp³-hybridized carbons (Fsp3) is 0.400. The third-order valence-corrected chi connectivity index (χ3v) is 4.52. The first-order chi connectivity index (χ1) is 13.2. The highest BCUT2D eigenvalue weighted by Gasteiger charge is 2.25. The zero-order valence-corrected chi connectivity index (χ0v) is 15.8. The summed E-state index contributed by atoms with van der Waals surface area (Å²) >= 11 is 0. The summed E-state index contributed by atoms with van der Waals surface area (Å²) in [6.45, 7) is 4.73. The van der Waals surface area contributed by atoms with Crippen LogP contribution in [-0.2, 0) is 6.54 Å². The molecule has 144 valence electrons. The van der Waals surface area contributed by atoms with Gasteiger partial charge < -0.3 is 20.3 Å². The molecule has 0 bridgehead atoms. The molecule has 0 spiro atoms. The van der Waals surface area contributed by atoms with Crippen molar-refractivity contribution in [3.8, 4) is 5.75 Å². The van der Waals surface area contributed by atoms with Crippen molar-refractivity contribution in [1.29, 1.82) is 0 Å². The van der Waals surface area contributed by atoms with Gasteiger partial charge in [0.25, 0.3) is 0 Å². The van der Waals surface area contributed by atoms with Gasteiger partial charge in [-0.2, -0.15) is 0 Å². The van der Waals surface area contributed by atoms with Crippen LogP contribution in [-0.4, -0.2) is 43.7 Å². The zero-order chi connectivity index (χ0) is 19.1. The SMILES string of the molecule is CCNC(=NCc1ncccc1F)NC1CCN(c2ccccc2OC)C1. The van der Waals surface area contributed by atoms with Crippen LogP contribution in [0.3, 0.4) is 0 Å². The topological polar surface area (TPSA) is 61.8 Å². The maximum absolute atomic E-state index is 13.8. The molecule has 0 amide bonds. The summed E-state index contributed by atoms with van der Waals surface area (Å²) in [7, 11) is 1.69. The predicted octanol–water partition coefficient (Wildman–Crippen LogP) is 2.56. The fourth-order valence-electron chi connectivity index (χ4n) is 3.19. The van der Waals surface area contributed by atoms with Crippen molar-refractivity contribution in [3.05, 3.63) is 54.1 Å². The lowest BCUT2D eigenvalue weighted by molar-refractivity contribution is 0.415. The van der Waals surface area contributed by atoms with E-state index in [1.165, 1.54) is 6.07 Å². The number of nitrogens with zero attached hydrogens (tertiary/aromatic N) is 3. The fourth-order valence-corrected chi connectivity index (χ4v) is 3.19. The van der Waals surface area contributed by atoms with Crippen LogP contribution < -0.4 is 20.3 Å². The average molecular weight is 371 g/mol. The number of aliphatic imine (C=N–C) groups is 1. The van der Waals surface area contributed by atoms with Gasteiger partial charge >= 0.3 is 0 Å². The lowest BCUT2D eigenvalue weighted by atomic mass is 10.2. The molecule has 7 heteroatoms. The number of rotatable bonds is 6. The molecule has 0 saturated carbocycles. The van der Waals surface area contributed by atoms with Crippen molar-refractivity contribution >= 4 is 11.6 Å². The molecule has 0 radical (unpaired) electrons. The summed E-state index contributed by atoms with van der Waals surface area (Å²) in [5.74, 6) is 1.22. The molecule has 1 fully saturated rings. The van der Waals surface area contributed by atoms with Crippen LogP contribution >= 0.6 is 0 Å². The highest BCUT2D eigenvalue weighted by Crippen LogP contribution is 2.30. The van der Waals surface area contributed by atoms with Crippen LogP contribution in [0.2, 0.25) is 0 Å². The summed E-state index contributed by atoms with van der Waals surface area (Å²) in [4.78, 5) is 10.8. The molecule has 6 nitrogen and oxygen atoms in total. The third kappa shape index (κ3) is 4.87. The summed E-state index contributed by atoms with van der Waals surface area (Å²) in [5, 5.41) is 6.67. The van der Waals surface area contributed by atoms with E-state index in [0.717, 1.165) is 37.5 Å². The van der Waals surface area contributed by atoms with Crippen LogP contribution in [0.15, 0.2) is 47.6 Å². The minimum Gasteiger partial charge on any atom is -0.495 e.